The minimum atomic E-state index is -0.0810. The molecule has 2 aromatic rings. The molecule has 0 radical (unpaired) electrons. The number of nitrogens with one attached hydrogen (secondary N) is 2. The van der Waals surface area contributed by atoms with Gasteiger partial charge in [0.2, 0.25) is 0 Å². The number of para-hydroxylation sites is 2. The summed E-state index contributed by atoms with van der Waals surface area (Å²) in [7, 11) is 0. The van der Waals surface area contributed by atoms with E-state index in [-0.39, 0.29) is 5.56 Å². The molecule has 3 rings (SSSR count). The Hall–Kier alpha value is -1.72. The van der Waals surface area contributed by atoms with Crippen LogP contribution < -0.4 is 10.9 Å². The van der Waals surface area contributed by atoms with E-state index in [0.717, 1.165) is 24.1 Å². The molecular formula is C15H20N4O. The Labute approximate surface area is 118 Å². The molecule has 0 amide bonds. The van der Waals surface area contributed by atoms with E-state index in [1.165, 1.54) is 0 Å². The van der Waals surface area contributed by atoms with Crippen LogP contribution in [0, 0.1) is 0 Å². The second-order valence-corrected chi connectivity index (χ2v) is 5.69. The Balaban J connectivity index is 1.87. The van der Waals surface area contributed by atoms with Gasteiger partial charge in [0.15, 0.2) is 0 Å². The molecule has 5 nitrogen and oxygen atoms in total. The molecule has 0 bridgehead atoms. The molecule has 5 heteroatoms. The Morgan fingerprint density at radius 1 is 1.25 bits per heavy atom. The molecular weight excluding hydrogens is 252 g/mol. The van der Waals surface area contributed by atoms with Gasteiger partial charge < -0.3 is 10.3 Å². The van der Waals surface area contributed by atoms with Crippen molar-refractivity contribution in [2.24, 2.45) is 0 Å². The average Bonchev–Trinajstić information content (AvgIpc) is 2.38. The quantitative estimate of drug-likeness (QED) is 0.859. The SMILES string of the molecule is CC1CN(Cc2nc3ccccc3[nH]c2=O)CC(C)N1. The Bertz CT molecular complexity index is 656. The van der Waals surface area contributed by atoms with Gasteiger partial charge in [0, 0.05) is 31.7 Å². The minimum Gasteiger partial charge on any atom is -0.319 e. The van der Waals surface area contributed by atoms with Crippen LogP contribution >= 0.6 is 0 Å². The van der Waals surface area contributed by atoms with E-state index in [2.05, 4.69) is 34.0 Å². The van der Waals surface area contributed by atoms with Gasteiger partial charge in [-0.15, -0.1) is 0 Å². The van der Waals surface area contributed by atoms with Crippen LogP contribution in [0.1, 0.15) is 19.5 Å². The van der Waals surface area contributed by atoms with E-state index in [1.807, 2.05) is 24.3 Å². The van der Waals surface area contributed by atoms with Crippen molar-refractivity contribution < 1.29 is 0 Å². The molecule has 1 fully saturated rings. The lowest BCUT2D eigenvalue weighted by Gasteiger charge is -2.35. The molecule has 0 spiro atoms. The van der Waals surface area contributed by atoms with Crippen LogP contribution in [0.25, 0.3) is 11.0 Å². The summed E-state index contributed by atoms with van der Waals surface area (Å²) in [4.78, 5) is 21.8. The highest BCUT2D eigenvalue weighted by Crippen LogP contribution is 2.10. The molecule has 1 aromatic heterocycles. The van der Waals surface area contributed by atoms with Crippen molar-refractivity contribution in [1.29, 1.82) is 0 Å². The molecule has 1 aromatic carbocycles. The van der Waals surface area contributed by atoms with Crippen molar-refractivity contribution in [1.82, 2.24) is 20.2 Å². The van der Waals surface area contributed by atoms with E-state index in [1.54, 1.807) is 0 Å². The lowest BCUT2D eigenvalue weighted by atomic mass is 10.1. The number of nitrogens with zero attached hydrogens (tertiary/aromatic N) is 2. The van der Waals surface area contributed by atoms with Crippen LogP contribution in [0.3, 0.4) is 0 Å². The molecule has 0 aliphatic carbocycles. The van der Waals surface area contributed by atoms with Gasteiger partial charge in [-0.3, -0.25) is 9.69 Å². The first kappa shape index (κ1) is 13.3. The Morgan fingerprint density at radius 2 is 1.95 bits per heavy atom. The second-order valence-electron chi connectivity index (χ2n) is 5.69. The first-order valence-electron chi connectivity index (χ1n) is 7.08. The molecule has 0 saturated carbocycles. The highest BCUT2D eigenvalue weighted by atomic mass is 16.1. The number of H-pyrrole nitrogens is 1. The fourth-order valence-corrected chi connectivity index (χ4v) is 2.96. The third kappa shape index (κ3) is 2.73. The molecule has 1 aliphatic heterocycles. The normalized spacial score (nSPS) is 24.1. The van der Waals surface area contributed by atoms with Crippen LogP contribution in [0.2, 0.25) is 0 Å². The molecule has 106 valence electrons. The average molecular weight is 272 g/mol. The number of benzene rings is 1. The first-order valence-corrected chi connectivity index (χ1v) is 7.08. The third-order valence-corrected chi connectivity index (χ3v) is 3.68. The highest BCUT2D eigenvalue weighted by molar-refractivity contribution is 5.73. The summed E-state index contributed by atoms with van der Waals surface area (Å²) in [5.74, 6) is 0. The topological polar surface area (TPSA) is 61.0 Å². The zero-order chi connectivity index (χ0) is 14.1. The van der Waals surface area contributed by atoms with Gasteiger partial charge in [0.25, 0.3) is 5.56 Å². The van der Waals surface area contributed by atoms with Crippen molar-refractivity contribution in [3.8, 4) is 0 Å². The first-order chi connectivity index (χ1) is 9.61. The van der Waals surface area contributed by atoms with E-state index in [0.29, 0.717) is 24.3 Å². The molecule has 2 heterocycles. The zero-order valence-electron chi connectivity index (χ0n) is 11.9. The molecule has 2 N–H and O–H groups in total. The van der Waals surface area contributed by atoms with Crippen LogP contribution in [0.5, 0.6) is 0 Å². The van der Waals surface area contributed by atoms with E-state index in [4.69, 9.17) is 0 Å². The van der Waals surface area contributed by atoms with E-state index < -0.39 is 0 Å². The summed E-state index contributed by atoms with van der Waals surface area (Å²) in [6.07, 6.45) is 0. The van der Waals surface area contributed by atoms with Gasteiger partial charge in [-0.25, -0.2) is 4.98 Å². The monoisotopic (exact) mass is 272 g/mol. The van der Waals surface area contributed by atoms with Crippen molar-refractivity contribution in [3.63, 3.8) is 0 Å². The number of piperazine rings is 1. The second kappa shape index (κ2) is 5.34. The van der Waals surface area contributed by atoms with Crippen LogP contribution in [0.15, 0.2) is 29.1 Å². The minimum absolute atomic E-state index is 0.0810. The van der Waals surface area contributed by atoms with E-state index in [9.17, 15) is 4.79 Å². The van der Waals surface area contributed by atoms with Crippen molar-refractivity contribution in [2.75, 3.05) is 13.1 Å². The number of hydrogen-bond acceptors (Lipinski definition) is 4. The van der Waals surface area contributed by atoms with Crippen LogP contribution in [-0.4, -0.2) is 40.0 Å². The zero-order valence-corrected chi connectivity index (χ0v) is 11.9. The summed E-state index contributed by atoms with van der Waals surface area (Å²) < 4.78 is 0. The van der Waals surface area contributed by atoms with Gasteiger partial charge >= 0.3 is 0 Å². The summed E-state index contributed by atoms with van der Waals surface area (Å²) in [5.41, 5.74) is 2.16. The molecule has 2 atom stereocenters. The van der Waals surface area contributed by atoms with Crippen molar-refractivity contribution >= 4 is 11.0 Å². The predicted molar refractivity (Wildman–Crippen MR) is 79.7 cm³/mol. The number of hydrogen-bond donors (Lipinski definition) is 2. The smallest absolute Gasteiger partial charge is 0.271 e. The van der Waals surface area contributed by atoms with Gasteiger partial charge in [-0.05, 0) is 26.0 Å². The number of rotatable bonds is 2. The summed E-state index contributed by atoms with van der Waals surface area (Å²) in [5, 5.41) is 3.49. The number of aromatic amines is 1. The standard InChI is InChI=1S/C15H20N4O/c1-10-7-19(8-11(2)16-10)9-14-15(20)18-13-6-4-3-5-12(13)17-14/h3-6,10-11,16H,7-9H2,1-2H3,(H,18,20). The molecule has 20 heavy (non-hydrogen) atoms. The summed E-state index contributed by atoms with van der Waals surface area (Å²) in [6, 6.07) is 8.53. The van der Waals surface area contributed by atoms with E-state index >= 15 is 0 Å². The molecule has 2 unspecified atom stereocenters. The van der Waals surface area contributed by atoms with Crippen LogP contribution in [0.4, 0.5) is 0 Å². The molecule has 1 aliphatic rings. The van der Waals surface area contributed by atoms with Crippen molar-refractivity contribution in [3.05, 3.63) is 40.3 Å². The highest BCUT2D eigenvalue weighted by Gasteiger charge is 2.22. The lowest BCUT2D eigenvalue weighted by molar-refractivity contribution is 0.164. The predicted octanol–water partition coefficient (Wildman–Crippen LogP) is 1.11. The molecule has 1 saturated heterocycles. The van der Waals surface area contributed by atoms with Gasteiger partial charge in [-0.1, -0.05) is 12.1 Å². The lowest BCUT2D eigenvalue weighted by Crippen LogP contribution is -2.54. The number of fused-ring (bicyclic) bond motifs is 1. The van der Waals surface area contributed by atoms with Gasteiger partial charge in [0.1, 0.15) is 5.69 Å². The maximum atomic E-state index is 12.1. The Kier molecular flexibility index (Phi) is 3.54. The maximum absolute atomic E-state index is 12.1. The van der Waals surface area contributed by atoms with Crippen molar-refractivity contribution in [2.45, 2.75) is 32.5 Å². The van der Waals surface area contributed by atoms with Gasteiger partial charge in [0.05, 0.1) is 11.0 Å². The number of aromatic nitrogens is 2. The van der Waals surface area contributed by atoms with Gasteiger partial charge in [-0.2, -0.15) is 0 Å². The Morgan fingerprint density at radius 3 is 2.70 bits per heavy atom. The summed E-state index contributed by atoms with van der Waals surface area (Å²) in [6.45, 7) is 6.83. The fourth-order valence-electron chi connectivity index (χ4n) is 2.96. The summed E-state index contributed by atoms with van der Waals surface area (Å²) >= 11 is 0. The largest absolute Gasteiger partial charge is 0.319 e. The van der Waals surface area contributed by atoms with Crippen LogP contribution in [-0.2, 0) is 6.54 Å². The maximum Gasteiger partial charge on any atom is 0.271 e. The third-order valence-electron chi connectivity index (χ3n) is 3.68. The fraction of sp³-hybridized carbons (Fsp3) is 0.467.